The molecule has 3 rings (SSSR count). The molecule has 0 aliphatic carbocycles. The maximum Gasteiger partial charge on any atom is 0.338 e. The van der Waals surface area contributed by atoms with E-state index in [9.17, 15) is 19.6 Å². The molecule has 1 aromatic carbocycles. The number of ether oxygens (including phenoxy) is 1. The van der Waals surface area contributed by atoms with Gasteiger partial charge in [-0.3, -0.25) is 14.5 Å². The van der Waals surface area contributed by atoms with Crippen LogP contribution in [0.2, 0.25) is 0 Å². The van der Waals surface area contributed by atoms with E-state index >= 15 is 0 Å². The van der Waals surface area contributed by atoms with E-state index < -0.39 is 17.8 Å². The number of carbonyl (C=O) groups is 3. The molecule has 152 valence electrons. The Morgan fingerprint density at radius 3 is 2.63 bits per heavy atom. The maximum absolute atomic E-state index is 12.7. The molecular weight excluding hydrogens is 384 g/mol. The SMILES string of the molecule is CCOC(=O)c1cccc(-c2ccc(/C=C3/C(=O)N(CC)C(=O)C(C#N)=C3C)o2)c1. The van der Waals surface area contributed by atoms with Crippen LogP contribution >= 0.6 is 0 Å². The van der Waals surface area contributed by atoms with E-state index in [1.165, 1.54) is 6.08 Å². The maximum atomic E-state index is 12.7. The monoisotopic (exact) mass is 404 g/mol. The van der Waals surface area contributed by atoms with Gasteiger partial charge in [0.2, 0.25) is 0 Å². The van der Waals surface area contributed by atoms with Crippen LogP contribution in [0.1, 0.15) is 36.9 Å². The molecule has 1 aliphatic rings. The minimum Gasteiger partial charge on any atom is -0.462 e. The molecule has 2 amide bonds. The average molecular weight is 404 g/mol. The number of furan rings is 1. The molecule has 0 fully saturated rings. The van der Waals surface area contributed by atoms with Crippen molar-refractivity contribution >= 4 is 23.9 Å². The normalized spacial score (nSPS) is 15.5. The summed E-state index contributed by atoms with van der Waals surface area (Å²) < 4.78 is 10.9. The second kappa shape index (κ2) is 8.62. The van der Waals surface area contributed by atoms with Gasteiger partial charge in [0.1, 0.15) is 23.2 Å². The average Bonchev–Trinajstić information content (AvgIpc) is 3.21. The predicted molar refractivity (Wildman–Crippen MR) is 109 cm³/mol. The molecule has 0 saturated heterocycles. The van der Waals surface area contributed by atoms with Gasteiger partial charge in [0.05, 0.1) is 12.2 Å². The van der Waals surface area contributed by atoms with Crippen molar-refractivity contribution in [1.82, 2.24) is 4.90 Å². The minimum atomic E-state index is -0.587. The number of hydrogen-bond donors (Lipinski definition) is 0. The molecule has 0 radical (unpaired) electrons. The van der Waals surface area contributed by atoms with Crippen molar-refractivity contribution in [3.8, 4) is 17.4 Å². The van der Waals surface area contributed by atoms with Crippen LogP contribution in [-0.2, 0) is 14.3 Å². The first-order valence-corrected chi connectivity index (χ1v) is 9.47. The summed E-state index contributed by atoms with van der Waals surface area (Å²) in [5.41, 5.74) is 1.57. The van der Waals surface area contributed by atoms with E-state index in [1.807, 2.05) is 6.07 Å². The van der Waals surface area contributed by atoms with Crippen LogP contribution in [0.15, 0.2) is 57.5 Å². The van der Waals surface area contributed by atoms with Crippen LogP contribution in [0.5, 0.6) is 0 Å². The number of hydrogen-bond acceptors (Lipinski definition) is 6. The Morgan fingerprint density at radius 1 is 1.20 bits per heavy atom. The van der Waals surface area contributed by atoms with Gasteiger partial charge >= 0.3 is 5.97 Å². The van der Waals surface area contributed by atoms with Crippen LogP contribution < -0.4 is 0 Å². The van der Waals surface area contributed by atoms with Crippen molar-refractivity contribution in [1.29, 1.82) is 5.26 Å². The highest BCUT2D eigenvalue weighted by Gasteiger charge is 2.34. The topological polar surface area (TPSA) is 101 Å². The van der Waals surface area contributed by atoms with Crippen LogP contribution in [0.25, 0.3) is 17.4 Å². The number of nitriles is 1. The van der Waals surface area contributed by atoms with Crippen LogP contribution in [-0.4, -0.2) is 35.8 Å². The zero-order valence-electron chi connectivity index (χ0n) is 16.9. The zero-order chi connectivity index (χ0) is 21.8. The lowest BCUT2D eigenvalue weighted by atomic mass is 9.95. The third-order valence-corrected chi connectivity index (χ3v) is 4.71. The first kappa shape index (κ1) is 20.8. The highest BCUT2D eigenvalue weighted by Crippen LogP contribution is 2.29. The number of esters is 1. The smallest absolute Gasteiger partial charge is 0.338 e. The van der Waals surface area contributed by atoms with E-state index in [0.29, 0.717) is 28.2 Å². The first-order chi connectivity index (χ1) is 14.4. The summed E-state index contributed by atoms with van der Waals surface area (Å²) in [6, 6.07) is 12.1. The van der Waals surface area contributed by atoms with Gasteiger partial charge in [0, 0.05) is 17.7 Å². The number of rotatable bonds is 5. The van der Waals surface area contributed by atoms with Crippen LogP contribution in [0.3, 0.4) is 0 Å². The quantitative estimate of drug-likeness (QED) is 0.428. The summed E-state index contributed by atoms with van der Waals surface area (Å²) in [4.78, 5) is 37.9. The van der Waals surface area contributed by atoms with E-state index in [2.05, 4.69) is 0 Å². The highest BCUT2D eigenvalue weighted by atomic mass is 16.5. The van der Waals surface area contributed by atoms with Crippen LogP contribution in [0.4, 0.5) is 0 Å². The molecule has 2 aromatic rings. The Kier molecular flexibility index (Phi) is 5.98. The predicted octanol–water partition coefficient (Wildman–Crippen LogP) is 3.74. The zero-order valence-corrected chi connectivity index (χ0v) is 16.9. The van der Waals surface area contributed by atoms with Gasteiger partial charge < -0.3 is 9.15 Å². The van der Waals surface area contributed by atoms with Gasteiger partial charge in [0.25, 0.3) is 11.8 Å². The van der Waals surface area contributed by atoms with Gasteiger partial charge in [-0.05, 0) is 56.7 Å². The van der Waals surface area contributed by atoms with Gasteiger partial charge in [0.15, 0.2) is 0 Å². The van der Waals surface area contributed by atoms with E-state index in [1.54, 1.807) is 57.2 Å². The molecule has 0 unspecified atom stereocenters. The fourth-order valence-corrected chi connectivity index (χ4v) is 3.16. The number of carbonyl (C=O) groups excluding carboxylic acids is 3. The number of amides is 2. The Bertz CT molecular complexity index is 1130. The van der Waals surface area contributed by atoms with Gasteiger partial charge in [-0.1, -0.05) is 12.1 Å². The van der Waals surface area contributed by atoms with Crippen molar-refractivity contribution in [3.63, 3.8) is 0 Å². The molecule has 2 heterocycles. The fourth-order valence-electron chi connectivity index (χ4n) is 3.16. The molecular formula is C23H20N2O5. The van der Waals surface area contributed by atoms with E-state index in [0.717, 1.165) is 4.90 Å². The summed E-state index contributed by atoms with van der Waals surface area (Å²) in [5.74, 6) is -0.592. The Hall–Kier alpha value is -3.92. The van der Waals surface area contributed by atoms with Crippen molar-refractivity contribution in [2.45, 2.75) is 20.8 Å². The lowest BCUT2D eigenvalue weighted by molar-refractivity contribution is -0.140. The minimum absolute atomic E-state index is 0.0587. The Morgan fingerprint density at radius 2 is 1.97 bits per heavy atom. The second-order valence-electron chi connectivity index (χ2n) is 6.53. The molecule has 0 spiro atoms. The van der Waals surface area contributed by atoms with E-state index in [-0.39, 0.29) is 24.3 Å². The summed E-state index contributed by atoms with van der Waals surface area (Å²) >= 11 is 0. The largest absolute Gasteiger partial charge is 0.462 e. The lowest BCUT2D eigenvalue weighted by Gasteiger charge is -2.25. The highest BCUT2D eigenvalue weighted by molar-refractivity contribution is 6.19. The fraction of sp³-hybridized carbons (Fsp3) is 0.217. The van der Waals surface area contributed by atoms with Gasteiger partial charge in [-0.25, -0.2) is 4.79 Å². The third-order valence-electron chi connectivity index (χ3n) is 4.71. The van der Waals surface area contributed by atoms with Crippen molar-refractivity contribution < 1.29 is 23.5 Å². The van der Waals surface area contributed by atoms with Crippen molar-refractivity contribution in [3.05, 3.63) is 64.4 Å². The second-order valence-corrected chi connectivity index (χ2v) is 6.53. The number of benzene rings is 1. The van der Waals surface area contributed by atoms with Crippen molar-refractivity contribution in [2.24, 2.45) is 0 Å². The van der Waals surface area contributed by atoms with Crippen LogP contribution in [0, 0.1) is 11.3 Å². The summed E-state index contributed by atoms with van der Waals surface area (Å²) in [5, 5.41) is 9.32. The Labute approximate surface area is 173 Å². The number of likely N-dealkylation sites (N-methyl/N-ethyl adjacent to an activating group) is 1. The third kappa shape index (κ3) is 3.80. The number of nitrogens with zero attached hydrogens (tertiary/aromatic N) is 2. The lowest BCUT2D eigenvalue weighted by Crippen LogP contribution is -2.42. The molecule has 0 N–H and O–H groups in total. The van der Waals surface area contributed by atoms with Crippen molar-refractivity contribution in [2.75, 3.05) is 13.2 Å². The Balaban J connectivity index is 1.98. The summed E-state index contributed by atoms with van der Waals surface area (Å²) in [6.45, 7) is 5.42. The summed E-state index contributed by atoms with van der Waals surface area (Å²) in [6.07, 6.45) is 1.52. The molecule has 0 saturated carbocycles. The van der Waals surface area contributed by atoms with Gasteiger partial charge in [-0.15, -0.1) is 0 Å². The number of imide groups is 1. The molecule has 7 nitrogen and oxygen atoms in total. The molecule has 0 bridgehead atoms. The molecule has 1 aromatic heterocycles. The molecule has 0 atom stereocenters. The standard InChI is InChI=1S/C23H20N2O5/c1-4-25-21(26)18(14(3)19(13-24)22(25)27)12-17-9-10-20(30-17)15-7-6-8-16(11-15)23(28)29-5-2/h6-12H,4-5H2,1-3H3/b18-12+. The first-order valence-electron chi connectivity index (χ1n) is 9.47. The molecule has 30 heavy (non-hydrogen) atoms. The summed E-state index contributed by atoms with van der Waals surface area (Å²) in [7, 11) is 0. The molecule has 1 aliphatic heterocycles. The van der Waals surface area contributed by atoms with E-state index in [4.69, 9.17) is 9.15 Å². The van der Waals surface area contributed by atoms with Gasteiger partial charge in [-0.2, -0.15) is 5.26 Å². The molecule has 7 heteroatoms.